The van der Waals surface area contributed by atoms with Gasteiger partial charge in [-0.2, -0.15) is 12.7 Å². The molecule has 0 unspecified atom stereocenters. The Kier molecular flexibility index (Phi) is 1.58. The van der Waals surface area contributed by atoms with Crippen LogP contribution in [0, 0.1) is 5.41 Å². The molecule has 2 fully saturated rings. The van der Waals surface area contributed by atoms with Crippen LogP contribution in [0.1, 0.15) is 12.8 Å². The highest BCUT2D eigenvalue weighted by Gasteiger charge is 2.68. The zero-order chi connectivity index (χ0) is 9.91. The summed E-state index contributed by atoms with van der Waals surface area (Å²) in [7, 11) is -3.76. The Balaban J connectivity index is 2.06. The van der Waals surface area contributed by atoms with E-state index >= 15 is 0 Å². The molecule has 1 spiro atoms. The second-order valence-corrected chi connectivity index (χ2v) is 5.34. The standard InChI is InChI=1S/C6H10F2N2O2S/c7-6(8)2-1-5(6)3-10(4-5)13(9,11)12/h1-4H2,(H2,9,11,12). The van der Waals surface area contributed by atoms with Gasteiger partial charge in [0.1, 0.15) is 0 Å². The third-order valence-electron chi connectivity index (χ3n) is 3.01. The van der Waals surface area contributed by atoms with E-state index in [0.717, 1.165) is 4.31 Å². The molecule has 1 saturated heterocycles. The Hall–Kier alpha value is -0.270. The molecule has 1 saturated carbocycles. The summed E-state index contributed by atoms with van der Waals surface area (Å²) >= 11 is 0. The molecular weight excluding hydrogens is 202 g/mol. The minimum Gasteiger partial charge on any atom is -0.216 e. The van der Waals surface area contributed by atoms with Gasteiger partial charge < -0.3 is 0 Å². The zero-order valence-corrected chi connectivity index (χ0v) is 7.65. The van der Waals surface area contributed by atoms with Crippen LogP contribution in [0.25, 0.3) is 0 Å². The number of nitrogens with zero attached hydrogens (tertiary/aromatic N) is 1. The zero-order valence-electron chi connectivity index (χ0n) is 6.83. The number of nitrogens with two attached hydrogens (primary N) is 1. The summed E-state index contributed by atoms with van der Waals surface area (Å²) in [5.41, 5.74) is -1.10. The van der Waals surface area contributed by atoms with Crippen LogP contribution < -0.4 is 5.14 Å². The van der Waals surface area contributed by atoms with E-state index in [1.165, 1.54) is 0 Å². The second-order valence-electron chi connectivity index (χ2n) is 3.80. The van der Waals surface area contributed by atoms with Gasteiger partial charge in [-0.1, -0.05) is 0 Å². The Morgan fingerprint density at radius 2 is 1.77 bits per heavy atom. The molecule has 0 radical (unpaired) electrons. The molecule has 4 nitrogen and oxygen atoms in total. The van der Waals surface area contributed by atoms with Crippen molar-refractivity contribution in [2.75, 3.05) is 13.1 Å². The summed E-state index contributed by atoms with van der Waals surface area (Å²) in [5, 5.41) is 4.78. The molecule has 0 aromatic rings. The van der Waals surface area contributed by atoms with Crippen LogP contribution in [0.15, 0.2) is 0 Å². The number of hydrogen-bond acceptors (Lipinski definition) is 2. The van der Waals surface area contributed by atoms with E-state index in [2.05, 4.69) is 0 Å². The largest absolute Gasteiger partial charge is 0.276 e. The molecule has 0 bridgehead atoms. The lowest BCUT2D eigenvalue weighted by atomic mass is 9.61. The fourth-order valence-corrected chi connectivity index (χ4v) is 2.72. The Bertz CT molecular complexity index is 335. The molecule has 0 atom stereocenters. The van der Waals surface area contributed by atoms with Gasteiger partial charge in [0.25, 0.3) is 16.1 Å². The SMILES string of the molecule is NS(=O)(=O)N1CC2(CCC2(F)F)C1. The van der Waals surface area contributed by atoms with E-state index in [1.807, 2.05) is 0 Å². The third kappa shape index (κ3) is 1.10. The molecule has 1 aliphatic heterocycles. The fourth-order valence-electron chi connectivity index (χ4n) is 1.87. The van der Waals surface area contributed by atoms with Crippen molar-refractivity contribution in [2.24, 2.45) is 10.6 Å². The minimum atomic E-state index is -3.76. The monoisotopic (exact) mass is 212 g/mol. The Morgan fingerprint density at radius 3 is 2.00 bits per heavy atom. The number of halogens is 2. The van der Waals surface area contributed by atoms with Crippen molar-refractivity contribution in [3.8, 4) is 0 Å². The van der Waals surface area contributed by atoms with Crippen molar-refractivity contribution < 1.29 is 17.2 Å². The lowest BCUT2D eigenvalue weighted by Gasteiger charge is -2.58. The molecule has 1 heterocycles. The van der Waals surface area contributed by atoms with Gasteiger partial charge in [0.2, 0.25) is 0 Å². The second kappa shape index (κ2) is 2.21. The van der Waals surface area contributed by atoms with Gasteiger partial charge in [0, 0.05) is 19.5 Å². The van der Waals surface area contributed by atoms with E-state index in [9.17, 15) is 17.2 Å². The molecule has 2 N–H and O–H groups in total. The predicted octanol–water partition coefficient (Wildman–Crippen LogP) is -0.0790. The van der Waals surface area contributed by atoms with Crippen molar-refractivity contribution in [3.63, 3.8) is 0 Å². The Labute approximate surface area is 74.9 Å². The molecule has 1 aliphatic carbocycles. The van der Waals surface area contributed by atoms with Gasteiger partial charge in [-0.05, 0) is 6.42 Å². The topological polar surface area (TPSA) is 63.4 Å². The maximum atomic E-state index is 12.9. The minimum absolute atomic E-state index is 0.126. The van der Waals surface area contributed by atoms with Crippen LogP contribution in [0.5, 0.6) is 0 Å². The summed E-state index contributed by atoms with van der Waals surface area (Å²) in [6.07, 6.45) is 0.261. The summed E-state index contributed by atoms with van der Waals surface area (Å²) in [6.45, 7) is -0.252. The predicted molar refractivity (Wildman–Crippen MR) is 41.3 cm³/mol. The number of hydrogen-bond donors (Lipinski definition) is 1. The Morgan fingerprint density at radius 1 is 1.23 bits per heavy atom. The highest BCUT2D eigenvalue weighted by molar-refractivity contribution is 7.86. The van der Waals surface area contributed by atoms with Gasteiger partial charge in [-0.25, -0.2) is 13.9 Å². The van der Waals surface area contributed by atoms with Crippen molar-refractivity contribution >= 4 is 10.2 Å². The quantitative estimate of drug-likeness (QED) is 0.660. The smallest absolute Gasteiger partial charge is 0.216 e. The highest BCUT2D eigenvalue weighted by Crippen LogP contribution is 2.59. The maximum Gasteiger partial charge on any atom is 0.276 e. The maximum absolute atomic E-state index is 12.9. The summed E-state index contributed by atoms with van der Waals surface area (Å²) < 4.78 is 48.2. The van der Waals surface area contributed by atoms with E-state index < -0.39 is 21.5 Å². The third-order valence-corrected chi connectivity index (χ3v) is 3.99. The van der Waals surface area contributed by atoms with Crippen LogP contribution in [0.2, 0.25) is 0 Å². The highest BCUT2D eigenvalue weighted by atomic mass is 32.2. The first-order chi connectivity index (χ1) is 5.77. The molecule has 76 valence electrons. The average molecular weight is 212 g/mol. The van der Waals surface area contributed by atoms with Gasteiger partial charge in [0.05, 0.1) is 5.41 Å². The first kappa shape index (κ1) is 9.29. The van der Waals surface area contributed by atoms with Gasteiger partial charge >= 0.3 is 0 Å². The molecule has 0 amide bonds. The van der Waals surface area contributed by atoms with E-state index in [0.29, 0.717) is 6.42 Å². The molecule has 13 heavy (non-hydrogen) atoms. The van der Waals surface area contributed by atoms with Crippen LogP contribution in [-0.2, 0) is 10.2 Å². The van der Waals surface area contributed by atoms with E-state index in [1.54, 1.807) is 0 Å². The van der Waals surface area contributed by atoms with Crippen molar-refractivity contribution in [2.45, 2.75) is 18.8 Å². The summed E-state index contributed by atoms with van der Waals surface area (Å²) in [6, 6.07) is 0. The van der Waals surface area contributed by atoms with Crippen molar-refractivity contribution in [1.82, 2.24) is 4.31 Å². The van der Waals surface area contributed by atoms with Crippen molar-refractivity contribution in [3.05, 3.63) is 0 Å². The van der Waals surface area contributed by atoms with Gasteiger partial charge in [-0.15, -0.1) is 0 Å². The van der Waals surface area contributed by atoms with E-state index in [4.69, 9.17) is 5.14 Å². The van der Waals surface area contributed by atoms with Crippen molar-refractivity contribution in [1.29, 1.82) is 0 Å². The molecule has 7 heteroatoms. The summed E-state index contributed by atoms with van der Waals surface area (Å²) in [4.78, 5) is 0. The number of rotatable bonds is 1. The summed E-state index contributed by atoms with van der Waals surface area (Å²) in [5.74, 6) is -2.70. The molecule has 0 aromatic heterocycles. The molecular formula is C6H10F2N2O2S. The van der Waals surface area contributed by atoms with E-state index in [-0.39, 0.29) is 19.5 Å². The van der Waals surface area contributed by atoms with Crippen LogP contribution in [0.3, 0.4) is 0 Å². The first-order valence-corrected chi connectivity index (χ1v) is 5.43. The van der Waals surface area contributed by atoms with Crippen LogP contribution in [0.4, 0.5) is 8.78 Å². The normalized spacial score (nSPS) is 31.0. The molecule has 2 aliphatic rings. The van der Waals surface area contributed by atoms with Crippen LogP contribution in [-0.4, -0.2) is 31.7 Å². The molecule has 0 aromatic carbocycles. The fraction of sp³-hybridized carbons (Fsp3) is 1.00. The molecule has 2 rings (SSSR count). The lowest BCUT2D eigenvalue weighted by molar-refractivity contribution is -0.242. The lowest BCUT2D eigenvalue weighted by Crippen LogP contribution is -2.71. The van der Waals surface area contributed by atoms with Gasteiger partial charge in [-0.3, -0.25) is 0 Å². The average Bonchev–Trinajstić information content (AvgIpc) is 1.78. The van der Waals surface area contributed by atoms with Gasteiger partial charge in [0.15, 0.2) is 0 Å². The first-order valence-electron chi connectivity index (χ1n) is 3.93. The number of alkyl halides is 2. The van der Waals surface area contributed by atoms with Crippen LogP contribution >= 0.6 is 0 Å².